The first-order valence-corrected chi connectivity index (χ1v) is 7.49. The van der Waals surface area contributed by atoms with Crippen LogP contribution < -0.4 is 0 Å². The van der Waals surface area contributed by atoms with Crippen LogP contribution >= 0.6 is 0 Å². The largest absolute Gasteiger partial charge is 0.293 e. The van der Waals surface area contributed by atoms with Crippen LogP contribution in [0, 0.1) is 11.3 Å². The highest BCUT2D eigenvalue weighted by Gasteiger charge is 2.20. The Bertz CT molecular complexity index is 774. The Labute approximate surface area is 117 Å². The van der Waals surface area contributed by atoms with Gasteiger partial charge in [0.25, 0.3) is 0 Å². The van der Waals surface area contributed by atoms with Crippen LogP contribution in [0.15, 0.2) is 59.5 Å². The topological polar surface area (TPSA) is 75.0 Å². The van der Waals surface area contributed by atoms with E-state index in [9.17, 15) is 13.2 Å². The van der Waals surface area contributed by atoms with Gasteiger partial charge < -0.3 is 0 Å². The maximum absolute atomic E-state index is 12.1. The molecule has 0 heterocycles. The minimum Gasteiger partial charge on any atom is -0.293 e. The van der Waals surface area contributed by atoms with Crippen LogP contribution in [-0.2, 0) is 9.84 Å². The molecule has 0 unspecified atom stereocenters. The van der Waals surface area contributed by atoms with Crippen LogP contribution in [0.2, 0.25) is 0 Å². The molecule has 0 atom stereocenters. The molecule has 0 aromatic heterocycles. The smallest absolute Gasteiger partial charge is 0.185 e. The van der Waals surface area contributed by atoms with E-state index >= 15 is 0 Å². The molecule has 5 heteroatoms. The standard InChI is InChI=1S/C15H11NO3S/c16-10-12-5-4-6-13(9-12)15(17)11-20(18,19)14-7-2-1-3-8-14/h1-9H,11H2. The van der Waals surface area contributed by atoms with E-state index in [1.54, 1.807) is 30.3 Å². The molecule has 0 radical (unpaired) electrons. The van der Waals surface area contributed by atoms with Crippen molar-refractivity contribution in [3.63, 3.8) is 0 Å². The number of nitrogens with zero attached hydrogens (tertiary/aromatic N) is 1. The van der Waals surface area contributed by atoms with Crippen molar-refractivity contribution in [2.45, 2.75) is 4.90 Å². The number of benzene rings is 2. The van der Waals surface area contributed by atoms with Crippen LogP contribution in [0.5, 0.6) is 0 Å². The lowest BCUT2D eigenvalue weighted by atomic mass is 10.1. The molecule has 0 aliphatic heterocycles. The quantitative estimate of drug-likeness (QED) is 0.807. The van der Waals surface area contributed by atoms with Gasteiger partial charge in [0, 0.05) is 5.56 Å². The zero-order valence-electron chi connectivity index (χ0n) is 10.5. The van der Waals surface area contributed by atoms with Crippen LogP contribution in [0.25, 0.3) is 0 Å². The predicted octanol–water partition coefficient (Wildman–Crippen LogP) is 2.21. The first-order valence-electron chi connectivity index (χ1n) is 5.84. The first kappa shape index (κ1) is 14.0. The average molecular weight is 285 g/mol. The normalized spacial score (nSPS) is 10.8. The van der Waals surface area contributed by atoms with Crippen molar-refractivity contribution < 1.29 is 13.2 Å². The van der Waals surface area contributed by atoms with E-state index in [-0.39, 0.29) is 10.5 Å². The molecule has 0 spiro atoms. The summed E-state index contributed by atoms with van der Waals surface area (Å²) in [5, 5.41) is 8.77. The highest BCUT2D eigenvalue weighted by molar-refractivity contribution is 7.92. The molecular weight excluding hydrogens is 274 g/mol. The number of carbonyl (C=O) groups excluding carboxylic acids is 1. The van der Waals surface area contributed by atoms with Gasteiger partial charge in [-0.2, -0.15) is 5.26 Å². The molecule has 0 saturated carbocycles. The number of ketones is 1. The molecule has 0 bridgehead atoms. The third-order valence-corrected chi connectivity index (χ3v) is 4.37. The molecule has 0 N–H and O–H groups in total. The van der Waals surface area contributed by atoms with Gasteiger partial charge in [0.2, 0.25) is 0 Å². The van der Waals surface area contributed by atoms with Crippen molar-refractivity contribution in [2.75, 3.05) is 5.75 Å². The molecule has 0 aliphatic carbocycles. The van der Waals surface area contributed by atoms with E-state index in [0.29, 0.717) is 5.56 Å². The molecular formula is C15H11NO3S. The monoisotopic (exact) mass is 285 g/mol. The maximum atomic E-state index is 12.1. The van der Waals surface area contributed by atoms with Gasteiger partial charge in [0.05, 0.1) is 16.5 Å². The SMILES string of the molecule is N#Cc1cccc(C(=O)CS(=O)(=O)c2ccccc2)c1. The second-order valence-electron chi connectivity index (χ2n) is 4.19. The maximum Gasteiger partial charge on any atom is 0.185 e. The van der Waals surface area contributed by atoms with Gasteiger partial charge in [0.15, 0.2) is 15.6 Å². The highest BCUT2D eigenvalue weighted by Crippen LogP contribution is 2.13. The first-order chi connectivity index (χ1) is 9.53. The summed E-state index contributed by atoms with van der Waals surface area (Å²) in [6, 6.07) is 15.7. The summed E-state index contributed by atoms with van der Waals surface area (Å²) < 4.78 is 24.2. The van der Waals surface area contributed by atoms with Crippen molar-refractivity contribution in [3.05, 3.63) is 65.7 Å². The van der Waals surface area contributed by atoms with Crippen molar-refractivity contribution in [1.29, 1.82) is 5.26 Å². The Morgan fingerprint density at radius 3 is 2.40 bits per heavy atom. The number of carbonyl (C=O) groups is 1. The molecule has 0 amide bonds. The Morgan fingerprint density at radius 2 is 1.75 bits per heavy atom. The second-order valence-corrected chi connectivity index (χ2v) is 6.18. The van der Waals surface area contributed by atoms with Crippen LogP contribution in [0.3, 0.4) is 0 Å². The number of hydrogen-bond acceptors (Lipinski definition) is 4. The fourth-order valence-corrected chi connectivity index (χ4v) is 2.98. The molecule has 2 aromatic rings. The second kappa shape index (κ2) is 5.68. The Morgan fingerprint density at radius 1 is 1.05 bits per heavy atom. The Kier molecular flexibility index (Phi) is 3.97. The van der Waals surface area contributed by atoms with E-state index in [2.05, 4.69) is 0 Å². The summed E-state index contributed by atoms with van der Waals surface area (Å²) in [6.07, 6.45) is 0. The average Bonchev–Trinajstić information content (AvgIpc) is 2.48. The third kappa shape index (κ3) is 3.11. The summed E-state index contributed by atoms with van der Waals surface area (Å²) in [6.45, 7) is 0. The van der Waals surface area contributed by atoms with Crippen molar-refractivity contribution >= 4 is 15.6 Å². The van der Waals surface area contributed by atoms with Gasteiger partial charge in [-0.3, -0.25) is 4.79 Å². The molecule has 0 fully saturated rings. The van der Waals surface area contributed by atoms with Gasteiger partial charge in [0.1, 0.15) is 5.75 Å². The van der Waals surface area contributed by atoms with E-state index in [1.807, 2.05) is 6.07 Å². The van der Waals surface area contributed by atoms with E-state index < -0.39 is 21.4 Å². The van der Waals surface area contributed by atoms with E-state index in [0.717, 1.165) is 0 Å². The zero-order chi connectivity index (χ0) is 14.6. The van der Waals surface area contributed by atoms with Crippen LogP contribution in [0.4, 0.5) is 0 Å². The fraction of sp³-hybridized carbons (Fsp3) is 0.0667. The molecule has 4 nitrogen and oxygen atoms in total. The lowest BCUT2D eigenvalue weighted by Crippen LogP contribution is -2.16. The van der Waals surface area contributed by atoms with E-state index in [1.165, 1.54) is 24.3 Å². The summed E-state index contributed by atoms with van der Waals surface area (Å²) in [5.41, 5.74) is 0.552. The van der Waals surface area contributed by atoms with Crippen LogP contribution in [-0.4, -0.2) is 20.0 Å². The molecule has 0 aliphatic rings. The predicted molar refractivity (Wildman–Crippen MR) is 74.0 cm³/mol. The van der Waals surface area contributed by atoms with Crippen molar-refractivity contribution in [2.24, 2.45) is 0 Å². The minimum absolute atomic E-state index is 0.116. The van der Waals surface area contributed by atoms with Gasteiger partial charge in [-0.05, 0) is 24.3 Å². The van der Waals surface area contributed by atoms with Crippen LogP contribution in [0.1, 0.15) is 15.9 Å². The lowest BCUT2D eigenvalue weighted by Gasteiger charge is -2.04. The Balaban J connectivity index is 2.26. The number of sulfone groups is 1. The number of hydrogen-bond donors (Lipinski definition) is 0. The Hall–Kier alpha value is -2.45. The fourth-order valence-electron chi connectivity index (χ4n) is 1.73. The number of rotatable bonds is 4. The van der Waals surface area contributed by atoms with Gasteiger partial charge in [-0.1, -0.05) is 30.3 Å². The van der Waals surface area contributed by atoms with Gasteiger partial charge in [-0.15, -0.1) is 0 Å². The van der Waals surface area contributed by atoms with Crippen molar-refractivity contribution in [1.82, 2.24) is 0 Å². The molecule has 0 saturated heterocycles. The zero-order valence-corrected chi connectivity index (χ0v) is 11.3. The number of Topliss-reactive ketones (excluding diaryl/α,β-unsaturated/α-hetero) is 1. The third-order valence-electron chi connectivity index (χ3n) is 2.74. The summed E-state index contributed by atoms with van der Waals surface area (Å²) in [5.74, 6) is -1.13. The molecule has 20 heavy (non-hydrogen) atoms. The minimum atomic E-state index is -3.66. The summed E-state index contributed by atoms with van der Waals surface area (Å²) in [4.78, 5) is 12.1. The van der Waals surface area contributed by atoms with Gasteiger partial charge >= 0.3 is 0 Å². The van der Waals surface area contributed by atoms with Gasteiger partial charge in [-0.25, -0.2) is 8.42 Å². The lowest BCUT2D eigenvalue weighted by molar-refractivity contribution is 0.102. The number of nitriles is 1. The molecule has 2 aromatic carbocycles. The summed E-state index contributed by atoms with van der Waals surface area (Å²) in [7, 11) is -3.66. The van der Waals surface area contributed by atoms with E-state index in [4.69, 9.17) is 5.26 Å². The highest BCUT2D eigenvalue weighted by atomic mass is 32.2. The molecule has 100 valence electrons. The van der Waals surface area contributed by atoms with Crippen molar-refractivity contribution in [3.8, 4) is 6.07 Å². The molecule has 2 rings (SSSR count). The summed E-state index contributed by atoms with van der Waals surface area (Å²) >= 11 is 0.